The van der Waals surface area contributed by atoms with Crippen LogP contribution < -0.4 is 4.90 Å². The second-order valence-electron chi connectivity index (χ2n) is 4.11. The summed E-state index contributed by atoms with van der Waals surface area (Å²) in [4.78, 5) is 13.8. The van der Waals surface area contributed by atoms with Crippen molar-refractivity contribution in [1.29, 1.82) is 0 Å². The van der Waals surface area contributed by atoms with E-state index in [-0.39, 0.29) is 5.91 Å². The van der Waals surface area contributed by atoms with Crippen LogP contribution in [-0.2, 0) is 0 Å². The predicted molar refractivity (Wildman–Crippen MR) is 67.2 cm³/mol. The van der Waals surface area contributed by atoms with E-state index in [1.165, 1.54) is 5.56 Å². The summed E-state index contributed by atoms with van der Waals surface area (Å²) in [5, 5.41) is 6.63. The molecule has 4 nitrogen and oxygen atoms in total. The molecule has 0 bridgehead atoms. The quantitative estimate of drug-likeness (QED) is 0.859. The number of carbonyl (C=O) groups excluding carboxylic acids is 1. The maximum Gasteiger partial charge on any atom is 0.261 e. The van der Waals surface area contributed by atoms with Gasteiger partial charge in [0.15, 0.2) is 0 Å². The molecule has 0 aliphatic carbocycles. The van der Waals surface area contributed by atoms with Gasteiger partial charge in [-0.15, -0.1) is 0 Å². The summed E-state index contributed by atoms with van der Waals surface area (Å²) >= 11 is 0. The standard InChI is InChI=1S/C13H15N3O/c1-9-4-6-11(7-5-9)16(3)13(17)12-8-14-15-10(12)2/h4-8H,1-3H3,(H,14,15). The zero-order valence-electron chi connectivity index (χ0n) is 10.2. The van der Waals surface area contributed by atoms with Gasteiger partial charge in [0.1, 0.15) is 0 Å². The summed E-state index contributed by atoms with van der Waals surface area (Å²) in [6, 6.07) is 7.84. The summed E-state index contributed by atoms with van der Waals surface area (Å²) in [6.07, 6.45) is 1.56. The van der Waals surface area contributed by atoms with E-state index in [9.17, 15) is 4.79 Å². The lowest BCUT2D eigenvalue weighted by Gasteiger charge is -2.17. The lowest BCUT2D eigenvalue weighted by atomic mass is 10.2. The molecule has 0 radical (unpaired) electrons. The van der Waals surface area contributed by atoms with Crippen LogP contribution in [0.1, 0.15) is 21.6 Å². The van der Waals surface area contributed by atoms with Crippen LogP contribution in [0.4, 0.5) is 5.69 Å². The molecule has 0 aliphatic heterocycles. The third-order valence-electron chi connectivity index (χ3n) is 2.79. The summed E-state index contributed by atoms with van der Waals surface area (Å²) in [5.41, 5.74) is 3.44. The van der Waals surface area contributed by atoms with Crippen molar-refractivity contribution < 1.29 is 4.79 Å². The summed E-state index contributed by atoms with van der Waals surface area (Å²) < 4.78 is 0. The van der Waals surface area contributed by atoms with Crippen LogP contribution in [0.25, 0.3) is 0 Å². The van der Waals surface area contributed by atoms with Gasteiger partial charge in [0.2, 0.25) is 0 Å². The maximum absolute atomic E-state index is 12.2. The van der Waals surface area contributed by atoms with Crippen LogP contribution in [0.5, 0.6) is 0 Å². The third-order valence-corrected chi connectivity index (χ3v) is 2.79. The number of carbonyl (C=O) groups is 1. The maximum atomic E-state index is 12.2. The molecule has 0 spiro atoms. The molecule has 0 saturated heterocycles. The monoisotopic (exact) mass is 229 g/mol. The first-order valence-electron chi connectivity index (χ1n) is 5.44. The van der Waals surface area contributed by atoms with Crippen molar-refractivity contribution in [3.05, 3.63) is 47.3 Å². The van der Waals surface area contributed by atoms with Crippen molar-refractivity contribution in [2.75, 3.05) is 11.9 Å². The van der Waals surface area contributed by atoms with Crippen LogP contribution >= 0.6 is 0 Å². The Labute approximate surface area is 100 Å². The Morgan fingerprint density at radius 3 is 2.41 bits per heavy atom. The van der Waals surface area contributed by atoms with Crippen LogP contribution in [0.3, 0.4) is 0 Å². The van der Waals surface area contributed by atoms with Crippen molar-refractivity contribution in [3.8, 4) is 0 Å². The molecule has 0 unspecified atom stereocenters. The summed E-state index contributed by atoms with van der Waals surface area (Å²) in [7, 11) is 1.76. The first-order chi connectivity index (χ1) is 8.09. The van der Waals surface area contributed by atoms with Gasteiger partial charge in [0.25, 0.3) is 5.91 Å². The van der Waals surface area contributed by atoms with Crippen LogP contribution in [-0.4, -0.2) is 23.2 Å². The molecule has 0 saturated carbocycles. The van der Waals surface area contributed by atoms with Gasteiger partial charge < -0.3 is 4.90 Å². The molecule has 88 valence electrons. The Bertz CT molecular complexity index is 528. The van der Waals surface area contributed by atoms with E-state index in [4.69, 9.17) is 0 Å². The van der Waals surface area contributed by atoms with Crippen molar-refractivity contribution >= 4 is 11.6 Å². The van der Waals surface area contributed by atoms with E-state index in [1.807, 2.05) is 38.1 Å². The topological polar surface area (TPSA) is 49.0 Å². The van der Waals surface area contributed by atoms with Gasteiger partial charge in [-0.3, -0.25) is 9.89 Å². The molecule has 1 N–H and O–H groups in total. The Morgan fingerprint density at radius 1 is 1.24 bits per heavy atom. The second kappa shape index (κ2) is 4.41. The number of hydrogen-bond acceptors (Lipinski definition) is 2. The van der Waals surface area contributed by atoms with Gasteiger partial charge in [-0.1, -0.05) is 17.7 Å². The SMILES string of the molecule is Cc1ccc(N(C)C(=O)c2cn[nH]c2C)cc1. The van der Waals surface area contributed by atoms with Crippen molar-refractivity contribution in [2.24, 2.45) is 0 Å². The second-order valence-corrected chi connectivity index (χ2v) is 4.11. The minimum Gasteiger partial charge on any atom is -0.311 e. The van der Waals surface area contributed by atoms with Gasteiger partial charge in [0.05, 0.1) is 11.8 Å². The highest BCUT2D eigenvalue weighted by molar-refractivity contribution is 6.06. The fourth-order valence-corrected chi connectivity index (χ4v) is 1.63. The fourth-order valence-electron chi connectivity index (χ4n) is 1.63. The van der Waals surface area contributed by atoms with Gasteiger partial charge in [-0.05, 0) is 26.0 Å². The molecule has 0 aliphatic rings. The number of rotatable bonds is 2. The smallest absolute Gasteiger partial charge is 0.261 e. The molecule has 17 heavy (non-hydrogen) atoms. The van der Waals surface area contributed by atoms with E-state index in [1.54, 1.807) is 18.1 Å². The first kappa shape index (κ1) is 11.4. The minimum absolute atomic E-state index is 0.0555. The van der Waals surface area contributed by atoms with Crippen molar-refractivity contribution in [3.63, 3.8) is 0 Å². The van der Waals surface area contributed by atoms with Crippen LogP contribution in [0, 0.1) is 13.8 Å². The molecule has 1 amide bonds. The van der Waals surface area contributed by atoms with E-state index in [2.05, 4.69) is 10.2 Å². The summed E-state index contributed by atoms with van der Waals surface area (Å²) in [5.74, 6) is -0.0555. The first-order valence-corrected chi connectivity index (χ1v) is 5.44. The minimum atomic E-state index is -0.0555. The normalized spacial score (nSPS) is 10.3. The Hall–Kier alpha value is -2.10. The van der Waals surface area contributed by atoms with E-state index >= 15 is 0 Å². The number of benzene rings is 1. The number of nitrogens with zero attached hydrogens (tertiary/aromatic N) is 2. The lowest BCUT2D eigenvalue weighted by molar-refractivity contribution is 0.0992. The van der Waals surface area contributed by atoms with Gasteiger partial charge in [-0.25, -0.2) is 0 Å². The van der Waals surface area contributed by atoms with Gasteiger partial charge in [-0.2, -0.15) is 5.10 Å². The molecular formula is C13H15N3O. The average Bonchev–Trinajstić information content (AvgIpc) is 2.74. The molecule has 1 heterocycles. The number of amides is 1. The lowest BCUT2D eigenvalue weighted by Crippen LogP contribution is -2.26. The average molecular weight is 229 g/mol. The van der Waals surface area contributed by atoms with Gasteiger partial charge in [0, 0.05) is 18.4 Å². The molecule has 4 heteroatoms. The molecule has 2 aromatic rings. The van der Waals surface area contributed by atoms with E-state index in [0.717, 1.165) is 11.4 Å². The molecular weight excluding hydrogens is 214 g/mol. The number of aryl methyl sites for hydroxylation is 2. The highest BCUT2D eigenvalue weighted by atomic mass is 16.2. The fraction of sp³-hybridized carbons (Fsp3) is 0.231. The Morgan fingerprint density at radius 2 is 1.88 bits per heavy atom. The van der Waals surface area contributed by atoms with Gasteiger partial charge >= 0.3 is 0 Å². The van der Waals surface area contributed by atoms with Crippen LogP contribution in [0.2, 0.25) is 0 Å². The molecule has 0 atom stereocenters. The summed E-state index contributed by atoms with van der Waals surface area (Å²) in [6.45, 7) is 3.86. The predicted octanol–water partition coefficient (Wildman–Crippen LogP) is 2.30. The van der Waals surface area contributed by atoms with E-state index < -0.39 is 0 Å². The Kier molecular flexibility index (Phi) is 2.95. The largest absolute Gasteiger partial charge is 0.311 e. The van der Waals surface area contributed by atoms with Crippen molar-refractivity contribution in [2.45, 2.75) is 13.8 Å². The zero-order chi connectivity index (χ0) is 12.4. The number of H-pyrrole nitrogens is 1. The Balaban J connectivity index is 2.26. The number of aromatic nitrogens is 2. The molecule has 0 fully saturated rings. The third kappa shape index (κ3) is 2.20. The number of hydrogen-bond donors (Lipinski definition) is 1. The molecule has 1 aromatic heterocycles. The number of anilines is 1. The van der Waals surface area contributed by atoms with E-state index in [0.29, 0.717) is 5.56 Å². The highest BCUT2D eigenvalue weighted by Crippen LogP contribution is 2.16. The van der Waals surface area contributed by atoms with Crippen molar-refractivity contribution in [1.82, 2.24) is 10.2 Å². The molecule has 1 aromatic carbocycles. The number of aromatic amines is 1. The molecule has 2 rings (SSSR count). The zero-order valence-corrected chi connectivity index (χ0v) is 10.2. The van der Waals surface area contributed by atoms with Crippen LogP contribution in [0.15, 0.2) is 30.5 Å². The highest BCUT2D eigenvalue weighted by Gasteiger charge is 2.16. The number of nitrogens with one attached hydrogen (secondary N) is 1.